The molecule has 0 N–H and O–H groups in total. The molecule has 0 amide bonds. The van der Waals surface area contributed by atoms with Gasteiger partial charge in [-0.05, 0) is 26.2 Å². The highest BCUT2D eigenvalue weighted by Crippen LogP contribution is 2.13. The zero-order chi connectivity index (χ0) is 20.3. The molecule has 0 saturated carbocycles. The fraction of sp³-hybridized carbons (Fsp3) is 0.885. The van der Waals surface area contributed by atoms with Crippen LogP contribution in [-0.4, -0.2) is 4.57 Å². The van der Waals surface area contributed by atoms with Gasteiger partial charge >= 0.3 is 0 Å². The van der Waals surface area contributed by atoms with Crippen LogP contribution in [0.15, 0.2) is 12.4 Å². The minimum Gasteiger partial charge on any atom is -0.235 e. The molecule has 2 nitrogen and oxygen atoms in total. The Bertz CT molecular complexity index is 449. The summed E-state index contributed by atoms with van der Waals surface area (Å²) in [6.45, 7) is 9.19. The number of hydrogen-bond acceptors (Lipinski definition) is 0. The molecule has 0 saturated heterocycles. The van der Waals surface area contributed by atoms with Crippen LogP contribution in [0.2, 0.25) is 0 Å². The first-order chi connectivity index (χ1) is 13.8. The summed E-state index contributed by atoms with van der Waals surface area (Å²) < 4.78 is 5.01. The molecule has 164 valence electrons. The molecule has 0 radical (unpaired) electrons. The fourth-order valence-corrected chi connectivity index (χ4v) is 4.29. The molecule has 0 aliphatic heterocycles. The highest BCUT2D eigenvalue weighted by molar-refractivity contribution is 4.83. The molecule has 0 aromatic carbocycles. The van der Waals surface area contributed by atoms with Crippen molar-refractivity contribution in [2.75, 3.05) is 0 Å². The second-order valence-electron chi connectivity index (χ2n) is 8.75. The third kappa shape index (κ3) is 11.9. The number of hydrogen-bond donors (Lipinski definition) is 0. The van der Waals surface area contributed by atoms with Crippen molar-refractivity contribution in [2.24, 2.45) is 0 Å². The topological polar surface area (TPSA) is 8.81 Å². The molecule has 0 aliphatic rings. The van der Waals surface area contributed by atoms with Crippen molar-refractivity contribution in [1.82, 2.24) is 4.57 Å². The van der Waals surface area contributed by atoms with Gasteiger partial charge in [0, 0.05) is 6.42 Å². The van der Waals surface area contributed by atoms with Crippen LogP contribution in [0.3, 0.4) is 0 Å². The van der Waals surface area contributed by atoms with Crippen LogP contribution in [0, 0.1) is 0 Å². The van der Waals surface area contributed by atoms with Crippen molar-refractivity contribution < 1.29 is 4.57 Å². The second-order valence-corrected chi connectivity index (χ2v) is 8.75. The van der Waals surface area contributed by atoms with E-state index in [-0.39, 0.29) is 0 Å². The van der Waals surface area contributed by atoms with Gasteiger partial charge in [0.2, 0.25) is 0 Å². The van der Waals surface area contributed by atoms with Gasteiger partial charge in [-0.25, -0.2) is 9.13 Å². The van der Waals surface area contributed by atoms with E-state index in [2.05, 4.69) is 42.3 Å². The highest BCUT2D eigenvalue weighted by atomic mass is 15.1. The van der Waals surface area contributed by atoms with Crippen molar-refractivity contribution in [3.05, 3.63) is 18.2 Å². The minimum atomic E-state index is 1.11. The van der Waals surface area contributed by atoms with Crippen LogP contribution < -0.4 is 4.57 Å². The van der Waals surface area contributed by atoms with Crippen LogP contribution in [-0.2, 0) is 19.5 Å². The molecule has 0 aliphatic carbocycles. The Morgan fingerprint density at radius 1 is 0.607 bits per heavy atom. The molecule has 1 heterocycles. The first kappa shape index (κ1) is 25.2. The lowest BCUT2D eigenvalue weighted by Crippen LogP contribution is -2.37. The van der Waals surface area contributed by atoms with Gasteiger partial charge in [0.15, 0.2) is 0 Å². The zero-order valence-electron chi connectivity index (χ0n) is 19.7. The van der Waals surface area contributed by atoms with Gasteiger partial charge in [-0.1, -0.05) is 104 Å². The number of aromatic nitrogens is 2. The number of nitrogens with zero attached hydrogens (tertiary/aromatic N) is 2. The molecule has 28 heavy (non-hydrogen) atoms. The largest absolute Gasteiger partial charge is 0.256 e. The standard InChI is InChI=1S/C26H51N2/c1-4-7-9-11-13-14-15-16-17-18-20-22-26-27(6-3)24-25-28(26)23-21-19-12-10-8-5-2/h24-25H,4-23H2,1-3H3/q+1. The maximum absolute atomic E-state index is 2.54. The van der Waals surface area contributed by atoms with Gasteiger partial charge in [-0.2, -0.15) is 0 Å². The van der Waals surface area contributed by atoms with E-state index in [1.54, 1.807) is 5.82 Å². The third-order valence-corrected chi connectivity index (χ3v) is 6.19. The Morgan fingerprint density at radius 2 is 1.07 bits per heavy atom. The smallest absolute Gasteiger partial charge is 0.235 e. The molecular formula is C26H51N2+. The molecule has 1 aromatic heterocycles. The van der Waals surface area contributed by atoms with E-state index in [9.17, 15) is 0 Å². The van der Waals surface area contributed by atoms with Gasteiger partial charge in [-0.15, -0.1) is 0 Å². The summed E-state index contributed by atoms with van der Waals surface area (Å²) in [6.07, 6.45) is 29.9. The third-order valence-electron chi connectivity index (χ3n) is 6.19. The first-order valence-electron chi connectivity index (χ1n) is 12.9. The van der Waals surface area contributed by atoms with Gasteiger partial charge in [-0.3, -0.25) is 0 Å². The number of aryl methyl sites for hydroxylation is 2. The Kier molecular flexibility index (Phi) is 16.5. The molecule has 1 aromatic rings. The molecule has 0 spiro atoms. The summed E-state index contributed by atoms with van der Waals surface area (Å²) >= 11 is 0. The van der Waals surface area contributed by atoms with Crippen molar-refractivity contribution in [3.63, 3.8) is 0 Å². The number of imidazole rings is 1. The Morgan fingerprint density at radius 3 is 1.57 bits per heavy atom. The number of rotatable bonds is 20. The minimum absolute atomic E-state index is 1.11. The summed E-state index contributed by atoms with van der Waals surface area (Å²) in [4.78, 5) is 0. The molecule has 0 fully saturated rings. The van der Waals surface area contributed by atoms with Crippen LogP contribution in [0.5, 0.6) is 0 Å². The molecular weight excluding hydrogens is 340 g/mol. The fourth-order valence-electron chi connectivity index (χ4n) is 4.29. The lowest BCUT2D eigenvalue weighted by Gasteiger charge is -2.05. The summed E-state index contributed by atoms with van der Waals surface area (Å²) in [7, 11) is 0. The van der Waals surface area contributed by atoms with Gasteiger partial charge < -0.3 is 0 Å². The molecule has 0 unspecified atom stereocenters. The average Bonchev–Trinajstić information content (AvgIpc) is 3.10. The van der Waals surface area contributed by atoms with E-state index < -0.39 is 0 Å². The number of unbranched alkanes of at least 4 members (excludes halogenated alkanes) is 15. The summed E-state index contributed by atoms with van der Waals surface area (Å²) in [5.41, 5.74) is 0. The summed E-state index contributed by atoms with van der Waals surface area (Å²) in [6, 6.07) is 0. The monoisotopic (exact) mass is 391 g/mol. The average molecular weight is 392 g/mol. The highest BCUT2D eigenvalue weighted by Gasteiger charge is 2.15. The summed E-state index contributed by atoms with van der Waals surface area (Å²) in [5.74, 6) is 1.56. The Balaban J connectivity index is 2.13. The van der Waals surface area contributed by atoms with Crippen LogP contribution in [0.1, 0.15) is 136 Å². The van der Waals surface area contributed by atoms with Crippen molar-refractivity contribution in [1.29, 1.82) is 0 Å². The van der Waals surface area contributed by atoms with Crippen molar-refractivity contribution in [2.45, 2.75) is 149 Å². The summed E-state index contributed by atoms with van der Waals surface area (Å²) in [5, 5.41) is 0. The maximum Gasteiger partial charge on any atom is 0.256 e. The predicted octanol–water partition coefficient (Wildman–Crippen LogP) is 8.01. The van der Waals surface area contributed by atoms with Gasteiger partial charge in [0.25, 0.3) is 5.82 Å². The van der Waals surface area contributed by atoms with Crippen LogP contribution in [0.4, 0.5) is 0 Å². The van der Waals surface area contributed by atoms with Crippen molar-refractivity contribution in [3.8, 4) is 0 Å². The lowest BCUT2D eigenvalue weighted by atomic mass is 10.1. The van der Waals surface area contributed by atoms with E-state index in [1.165, 1.54) is 122 Å². The predicted molar refractivity (Wildman–Crippen MR) is 124 cm³/mol. The lowest BCUT2D eigenvalue weighted by molar-refractivity contribution is -0.704. The van der Waals surface area contributed by atoms with E-state index >= 15 is 0 Å². The van der Waals surface area contributed by atoms with E-state index in [1.807, 2.05) is 0 Å². The first-order valence-corrected chi connectivity index (χ1v) is 12.9. The normalized spacial score (nSPS) is 11.4. The van der Waals surface area contributed by atoms with Crippen molar-refractivity contribution >= 4 is 0 Å². The van der Waals surface area contributed by atoms with E-state index in [0.717, 1.165) is 6.54 Å². The molecule has 0 bridgehead atoms. The zero-order valence-corrected chi connectivity index (χ0v) is 19.7. The molecule has 1 rings (SSSR count). The second kappa shape index (κ2) is 18.3. The maximum atomic E-state index is 2.54. The Hall–Kier alpha value is -0.790. The quantitative estimate of drug-likeness (QED) is 0.157. The van der Waals surface area contributed by atoms with E-state index in [0.29, 0.717) is 0 Å². The molecule has 2 heteroatoms. The SMILES string of the molecule is CCCCCCCCCCCCCc1n(CC)cc[n+]1CCCCCCCC. The van der Waals surface area contributed by atoms with Gasteiger partial charge in [0.1, 0.15) is 12.4 Å². The molecule has 0 atom stereocenters. The Labute approximate surface area is 177 Å². The van der Waals surface area contributed by atoms with Crippen LogP contribution >= 0.6 is 0 Å². The van der Waals surface area contributed by atoms with Gasteiger partial charge in [0.05, 0.1) is 13.1 Å². The van der Waals surface area contributed by atoms with E-state index in [4.69, 9.17) is 0 Å². The van der Waals surface area contributed by atoms with Crippen LogP contribution in [0.25, 0.3) is 0 Å².